The van der Waals surface area contributed by atoms with Crippen LogP contribution in [0.5, 0.6) is 0 Å². The molecule has 0 fully saturated rings. The van der Waals surface area contributed by atoms with Crippen molar-refractivity contribution in [2.45, 2.75) is 58.8 Å². The van der Waals surface area contributed by atoms with Crippen LogP contribution in [-0.2, 0) is 0 Å². The molecular weight excluding hydrogens is 163 g/mol. The zero-order chi connectivity index (χ0) is 9.23. The monoisotopic (exact) mass is 188 g/mol. The molecule has 0 spiro atoms. The Balaban J connectivity index is 3.26. The van der Waals surface area contributed by atoms with Crippen LogP contribution in [0.4, 0.5) is 0 Å². The minimum absolute atomic E-state index is 1.01. The molecule has 0 bridgehead atoms. The number of unbranched alkanes of at least 4 members (excludes halogenated alkanes) is 2. The summed E-state index contributed by atoms with van der Waals surface area (Å²) in [6.45, 7) is 4.61. The number of rotatable bonds is 8. The summed E-state index contributed by atoms with van der Waals surface area (Å²) in [7, 11) is 2.82. The second kappa shape index (κ2) is 9.52. The van der Waals surface area contributed by atoms with Crippen molar-refractivity contribution in [2.24, 2.45) is 5.92 Å². The van der Waals surface area contributed by atoms with Crippen molar-refractivity contribution in [3.63, 3.8) is 0 Å². The van der Waals surface area contributed by atoms with E-state index in [2.05, 4.69) is 23.1 Å². The summed E-state index contributed by atoms with van der Waals surface area (Å²) in [5.74, 6) is 1.01. The van der Waals surface area contributed by atoms with Gasteiger partial charge in [-0.2, -0.15) is 0 Å². The average Bonchev–Trinajstić information content (AvgIpc) is 2.11. The van der Waals surface area contributed by atoms with E-state index in [1.54, 1.807) is 0 Å². The topological polar surface area (TPSA) is 0 Å². The first-order valence-corrected chi connectivity index (χ1v) is 6.36. The molecule has 0 aliphatic heterocycles. The zero-order valence-electron chi connectivity index (χ0n) is 8.81. The molecule has 1 unspecified atom stereocenters. The molecule has 12 heavy (non-hydrogen) atoms. The van der Waals surface area contributed by atoms with E-state index < -0.39 is 0 Å². The normalized spacial score (nSPS) is 13.2. The Morgan fingerprint density at radius 2 is 1.67 bits per heavy atom. The van der Waals surface area contributed by atoms with Gasteiger partial charge in [0.25, 0.3) is 0 Å². The number of hydrogen-bond donors (Lipinski definition) is 0. The lowest BCUT2D eigenvalue weighted by Crippen LogP contribution is -1.99. The molecule has 0 nitrogen and oxygen atoms in total. The molecule has 0 aromatic heterocycles. The highest BCUT2D eigenvalue weighted by molar-refractivity contribution is 7.16. The second-order valence-electron chi connectivity index (χ2n) is 3.70. The molecule has 0 rings (SSSR count). The van der Waals surface area contributed by atoms with Gasteiger partial charge in [0.2, 0.25) is 0 Å². The Labute approximate surface area is 80.7 Å². The minimum Gasteiger partial charge on any atom is -0.138 e. The smallest absolute Gasteiger partial charge is 0.0381 e. The number of hydrogen-bond acceptors (Lipinski definition) is 0. The van der Waals surface area contributed by atoms with E-state index in [0.29, 0.717) is 0 Å². The first kappa shape index (κ1) is 12.4. The SMILES string of the molecule is CCCCC[C@@H](CC)CCCP. The van der Waals surface area contributed by atoms with Gasteiger partial charge in [-0.3, -0.25) is 0 Å². The molecule has 0 aromatic carbocycles. The van der Waals surface area contributed by atoms with Crippen molar-refractivity contribution in [3.8, 4) is 0 Å². The summed E-state index contributed by atoms with van der Waals surface area (Å²) in [5.41, 5.74) is 0. The van der Waals surface area contributed by atoms with Crippen molar-refractivity contribution in [1.29, 1.82) is 0 Å². The van der Waals surface area contributed by atoms with E-state index in [0.717, 1.165) is 5.92 Å². The van der Waals surface area contributed by atoms with Crippen molar-refractivity contribution in [1.82, 2.24) is 0 Å². The van der Waals surface area contributed by atoms with Crippen LogP contribution in [0.2, 0.25) is 0 Å². The summed E-state index contributed by atoms with van der Waals surface area (Å²) in [6, 6.07) is 0. The summed E-state index contributed by atoms with van der Waals surface area (Å²) in [4.78, 5) is 0. The third-order valence-corrected chi connectivity index (χ3v) is 3.02. The fourth-order valence-electron chi connectivity index (χ4n) is 1.64. The van der Waals surface area contributed by atoms with Gasteiger partial charge < -0.3 is 0 Å². The molecule has 0 radical (unpaired) electrons. The van der Waals surface area contributed by atoms with Gasteiger partial charge in [-0.15, -0.1) is 9.24 Å². The molecule has 0 aliphatic carbocycles. The first-order valence-electron chi connectivity index (χ1n) is 5.55. The van der Waals surface area contributed by atoms with Crippen LogP contribution in [0.1, 0.15) is 58.8 Å². The predicted molar refractivity (Wildman–Crippen MR) is 61.7 cm³/mol. The van der Waals surface area contributed by atoms with Crippen LogP contribution < -0.4 is 0 Å². The highest BCUT2D eigenvalue weighted by atomic mass is 31.0. The fraction of sp³-hybridized carbons (Fsp3) is 1.00. The minimum atomic E-state index is 1.01. The van der Waals surface area contributed by atoms with Crippen LogP contribution in [0.3, 0.4) is 0 Å². The van der Waals surface area contributed by atoms with Crippen molar-refractivity contribution >= 4 is 9.24 Å². The molecule has 2 atom stereocenters. The summed E-state index contributed by atoms with van der Waals surface area (Å²) in [6.07, 6.45) is 11.2. The van der Waals surface area contributed by atoms with E-state index in [9.17, 15) is 0 Å². The molecule has 74 valence electrons. The average molecular weight is 188 g/mol. The van der Waals surface area contributed by atoms with Crippen molar-refractivity contribution < 1.29 is 0 Å². The van der Waals surface area contributed by atoms with Gasteiger partial charge in [-0.05, 0) is 18.5 Å². The maximum Gasteiger partial charge on any atom is -0.0381 e. The lowest BCUT2D eigenvalue weighted by molar-refractivity contribution is 0.414. The van der Waals surface area contributed by atoms with Crippen molar-refractivity contribution in [2.75, 3.05) is 6.16 Å². The molecule has 0 heterocycles. The van der Waals surface area contributed by atoms with Gasteiger partial charge in [-0.25, -0.2) is 0 Å². The van der Waals surface area contributed by atoms with E-state index in [-0.39, 0.29) is 0 Å². The standard InChI is InChI=1S/C11H25P/c1-3-5-6-8-11(4-2)9-7-10-12/h11H,3-10,12H2,1-2H3/t11-/m1/s1. The van der Waals surface area contributed by atoms with E-state index in [1.165, 1.54) is 51.1 Å². The maximum absolute atomic E-state index is 2.82. The summed E-state index contributed by atoms with van der Waals surface area (Å²) in [5, 5.41) is 0. The van der Waals surface area contributed by atoms with Crippen LogP contribution in [0.25, 0.3) is 0 Å². The molecular formula is C11H25P. The van der Waals surface area contributed by atoms with Gasteiger partial charge in [0.1, 0.15) is 0 Å². The Morgan fingerprint density at radius 3 is 2.17 bits per heavy atom. The molecule has 0 amide bonds. The van der Waals surface area contributed by atoms with E-state index >= 15 is 0 Å². The molecule has 0 aliphatic rings. The van der Waals surface area contributed by atoms with Gasteiger partial charge >= 0.3 is 0 Å². The van der Waals surface area contributed by atoms with Gasteiger partial charge in [-0.1, -0.05) is 52.4 Å². The van der Waals surface area contributed by atoms with E-state index in [4.69, 9.17) is 0 Å². The van der Waals surface area contributed by atoms with Crippen LogP contribution in [0, 0.1) is 5.92 Å². The third kappa shape index (κ3) is 7.10. The molecule has 0 N–H and O–H groups in total. The second-order valence-corrected chi connectivity index (χ2v) is 4.28. The highest BCUT2D eigenvalue weighted by Crippen LogP contribution is 2.19. The van der Waals surface area contributed by atoms with Crippen LogP contribution in [0.15, 0.2) is 0 Å². The third-order valence-electron chi connectivity index (χ3n) is 2.61. The molecule has 0 saturated carbocycles. The quantitative estimate of drug-likeness (QED) is 0.394. The van der Waals surface area contributed by atoms with Crippen LogP contribution >= 0.6 is 9.24 Å². The molecule has 0 saturated heterocycles. The fourth-order valence-corrected chi connectivity index (χ4v) is 1.88. The van der Waals surface area contributed by atoms with Crippen molar-refractivity contribution in [3.05, 3.63) is 0 Å². The lowest BCUT2D eigenvalue weighted by atomic mass is 9.94. The van der Waals surface area contributed by atoms with Gasteiger partial charge in [0.05, 0.1) is 0 Å². The zero-order valence-corrected chi connectivity index (χ0v) is 9.97. The Bertz CT molecular complexity index is 81.1. The maximum atomic E-state index is 2.82. The Morgan fingerprint density at radius 1 is 1.00 bits per heavy atom. The molecule has 0 aromatic rings. The first-order chi connectivity index (χ1) is 5.85. The van der Waals surface area contributed by atoms with E-state index in [1.807, 2.05) is 0 Å². The largest absolute Gasteiger partial charge is 0.138 e. The summed E-state index contributed by atoms with van der Waals surface area (Å²) >= 11 is 0. The van der Waals surface area contributed by atoms with Crippen LogP contribution in [-0.4, -0.2) is 6.16 Å². The molecule has 1 heteroatoms. The Hall–Kier alpha value is 0.430. The lowest BCUT2D eigenvalue weighted by Gasteiger charge is -2.13. The Kier molecular flexibility index (Phi) is 9.86. The highest BCUT2D eigenvalue weighted by Gasteiger charge is 2.04. The predicted octanol–water partition coefficient (Wildman–Crippen LogP) is 4.25. The van der Waals surface area contributed by atoms with Gasteiger partial charge in [0, 0.05) is 0 Å². The summed E-state index contributed by atoms with van der Waals surface area (Å²) < 4.78 is 0. The van der Waals surface area contributed by atoms with Gasteiger partial charge in [0.15, 0.2) is 0 Å².